The number of alkyl halides is 2. The standard InChI is InChI=1S/C13H14Cl3NO/c14-6-9-17(10-7-15)8-5-13(18)11-1-3-12(16)4-2-11/h1-5,8H,6-7,9-10H2/b8-5-. The molecule has 0 saturated carbocycles. The van der Waals surface area contributed by atoms with Crippen LogP contribution in [-0.4, -0.2) is 35.5 Å². The highest BCUT2D eigenvalue weighted by molar-refractivity contribution is 6.30. The van der Waals surface area contributed by atoms with E-state index in [4.69, 9.17) is 34.8 Å². The lowest BCUT2D eigenvalue weighted by molar-refractivity contribution is 0.104. The Labute approximate surface area is 122 Å². The number of carbonyl (C=O) groups excluding carboxylic acids is 1. The molecule has 0 aliphatic heterocycles. The van der Waals surface area contributed by atoms with Crippen molar-refractivity contribution in [3.05, 3.63) is 47.1 Å². The Morgan fingerprint density at radius 2 is 1.67 bits per heavy atom. The number of rotatable bonds is 7. The summed E-state index contributed by atoms with van der Waals surface area (Å²) in [6, 6.07) is 6.78. The number of hydrogen-bond acceptors (Lipinski definition) is 2. The first-order valence-corrected chi connectivity index (χ1v) is 6.96. The Kier molecular flexibility index (Phi) is 7.18. The summed E-state index contributed by atoms with van der Waals surface area (Å²) in [6.45, 7) is 1.33. The van der Waals surface area contributed by atoms with E-state index in [1.54, 1.807) is 30.5 Å². The van der Waals surface area contributed by atoms with Gasteiger partial charge in [0.2, 0.25) is 0 Å². The van der Waals surface area contributed by atoms with Crippen LogP contribution in [0.15, 0.2) is 36.5 Å². The van der Waals surface area contributed by atoms with Crippen molar-refractivity contribution in [1.29, 1.82) is 0 Å². The molecule has 0 atom stereocenters. The Balaban J connectivity index is 2.64. The van der Waals surface area contributed by atoms with Gasteiger partial charge in [0.1, 0.15) is 0 Å². The van der Waals surface area contributed by atoms with Crippen molar-refractivity contribution in [3.63, 3.8) is 0 Å². The van der Waals surface area contributed by atoms with Crippen LogP contribution in [0.4, 0.5) is 0 Å². The number of nitrogens with zero attached hydrogens (tertiary/aromatic N) is 1. The summed E-state index contributed by atoms with van der Waals surface area (Å²) in [6.07, 6.45) is 3.24. The number of benzene rings is 1. The van der Waals surface area contributed by atoms with Gasteiger partial charge >= 0.3 is 0 Å². The molecule has 1 aromatic carbocycles. The van der Waals surface area contributed by atoms with Crippen LogP contribution >= 0.6 is 34.8 Å². The second-order valence-electron chi connectivity index (χ2n) is 3.60. The van der Waals surface area contributed by atoms with E-state index in [0.29, 0.717) is 35.4 Å². The van der Waals surface area contributed by atoms with Crippen molar-refractivity contribution in [2.75, 3.05) is 24.8 Å². The molecule has 0 saturated heterocycles. The molecule has 0 aromatic heterocycles. The average molecular weight is 307 g/mol. The van der Waals surface area contributed by atoms with Crippen LogP contribution in [0.5, 0.6) is 0 Å². The third kappa shape index (κ3) is 5.30. The first kappa shape index (κ1) is 15.4. The molecule has 0 amide bonds. The van der Waals surface area contributed by atoms with E-state index in [2.05, 4.69) is 0 Å². The molecule has 0 radical (unpaired) electrons. The third-order valence-corrected chi connectivity index (χ3v) is 2.90. The monoisotopic (exact) mass is 305 g/mol. The van der Waals surface area contributed by atoms with Crippen LogP contribution in [0, 0.1) is 0 Å². The molecular weight excluding hydrogens is 293 g/mol. The van der Waals surface area contributed by atoms with Gasteiger partial charge in [-0.2, -0.15) is 0 Å². The summed E-state index contributed by atoms with van der Waals surface area (Å²) < 4.78 is 0. The van der Waals surface area contributed by atoms with Crippen LogP contribution in [0.3, 0.4) is 0 Å². The Bertz CT molecular complexity index is 397. The van der Waals surface area contributed by atoms with Crippen LogP contribution in [0.2, 0.25) is 5.02 Å². The molecule has 1 aromatic rings. The SMILES string of the molecule is O=C(/C=C\N(CCCl)CCCl)c1ccc(Cl)cc1. The minimum absolute atomic E-state index is 0.0687. The maximum absolute atomic E-state index is 11.8. The molecule has 0 N–H and O–H groups in total. The molecule has 0 aliphatic rings. The smallest absolute Gasteiger partial charge is 0.187 e. The van der Waals surface area contributed by atoms with Gasteiger partial charge in [0.25, 0.3) is 0 Å². The predicted molar refractivity (Wildman–Crippen MR) is 77.9 cm³/mol. The molecule has 0 bridgehead atoms. The second kappa shape index (κ2) is 8.41. The fourth-order valence-corrected chi connectivity index (χ4v) is 1.92. The van der Waals surface area contributed by atoms with Gasteiger partial charge in [0.05, 0.1) is 0 Å². The van der Waals surface area contributed by atoms with Crippen molar-refractivity contribution in [1.82, 2.24) is 4.90 Å². The minimum Gasteiger partial charge on any atom is -0.375 e. The van der Waals surface area contributed by atoms with Gasteiger partial charge < -0.3 is 4.90 Å². The zero-order chi connectivity index (χ0) is 13.4. The van der Waals surface area contributed by atoms with Gasteiger partial charge in [-0.15, -0.1) is 23.2 Å². The summed E-state index contributed by atoms with van der Waals surface area (Å²) in [5, 5.41) is 0.612. The molecule has 0 unspecified atom stereocenters. The van der Waals surface area contributed by atoms with Crippen molar-refractivity contribution < 1.29 is 4.79 Å². The lowest BCUT2D eigenvalue weighted by Crippen LogP contribution is -2.22. The van der Waals surface area contributed by atoms with E-state index in [-0.39, 0.29) is 5.78 Å². The first-order valence-electron chi connectivity index (χ1n) is 5.51. The highest BCUT2D eigenvalue weighted by Crippen LogP contribution is 2.10. The van der Waals surface area contributed by atoms with E-state index >= 15 is 0 Å². The van der Waals surface area contributed by atoms with Crippen molar-refractivity contribution in [2.24, 2.45) is 0 Å². The minimum atomic E-state index is -0.0687. The molecule has 0 aliphatic carbocycles. The van der Waals surface area contributed by atoms with Gasteiger partial charge in [-0.1, -0.05) is 11.6 Å². The van der Waals surface area contributed by atoms with Gasteiger partial charge in [0, 0.05) is 47.7 Å². The molecule has 98 valence electrons. The topological polar surface area (TPSA) is 20.3 Å². The molecule has 0 spiro atoms. The summed E-state index contributed by atoms with van der Waals surface area (Å²) in [5.74, 6) is 0.924. The summed E-state index contributed by atoms with van der Waals surface area (Å²) in [5.41, 5.74) is 0.604. The van der Waals surface area contributed by atoms with Crippen LogP contribution < -0.4 is 0 Å². The molecule has 1 rings (SSSR count). The molecule has 0 heterocycles. The quantitative estimate of drug-likeness (QED) is 0.434. The molecule has 18 heavy (non-hydrogen) atoms. The molecule has 5 heteroatoms. The Hall–Kier alpha value is -0.700. The zero-order valence-electron chi connectivity index (χ0n) is 9.78. The van der Waals surface area contributed by atoms with E-state index in [1.807, 2.05) is 4.90 Å². The van der Waals surface area contributed by atoms with E-state index in [1.165, 1.54) is 6.08 Å². The van der Waals surface area contributed by atoms with E-state index in [0.717, 1.165) is 0 Å². The molecular formula is C13H14Cl3NO. The maximum atomic E-state index is 11.8. The van der Waals surface area contributed by atoms with Crippen LogP contribution in [0.1, 0.15) is 10.4 Å². The number of allylic oxidation sites excluding steroid dienone is 1. The summed E-state index contributed by atoms with van der Waals surface area (Å²) in [7, 11) is 0. The average Bonchev–Trinajstić information content (AvgIpc) is 2.37. The van der Waals surface area contributed by atoms with E-state index in [9.17, 15) is 4.79 Å². The molecule has 2 nitrogen and oxygen atoms in total. The fourth-order valence-electron chi connectivity index (χ4n) is 1.36. The third-order valence-electron chi connectivity index (χ3n) is 2.31. The largest absolute Gasteiger partial charge is 0.375 e. The zero-order valence-corrected chi connectivity index (χ0v) is 12.0. The van der Waals surface area contributed by atoms with Crippen LogP contribution in [0.25, 0.3) is 0 Å². The molecule has 0 fully saturated rings. The summed E-state index contributed by atoms with van der Waals surface area (Å²) in [4.78, 5) is 13.8. The Morgan fingerprint density at radius 3 is 2.17 bits per heavy atom. The van der Waals surface area contributed by atoms with Crippen molar-refractivity contribution >= 4 is 40.6 Å². The number of hydrogen-bond donors (Lipinski definition) is 0. The van der Waals surface area contributed by atoms with Crippen molar-refractivity contribution in [2.45, 2.75) is 0 Å². The van der Waals surface area contributed by atoms with Gasteiger partial charge in [0.15, 0.2) is 5.78 Å². The van der Waals surface area contributed by atoms with Gasteiger partial charge in [-0.3, -0.25) is 4.79 Å². The first-order chi connectivity index (χ1) is 8.67. The number of ketones is 1. The second-order valence-corrected chi connectivity index (χ2v) is 4.79. The highest BCUT2D eigenvalue weighted by Gasteiger charge is 2.02. The maximum Gasteiger partial charge on any atom is 0.187 e. The fraction of sp³-hybridized carbons (Fsp3) is 0.308. The van der Waals surface area contributed by atoms with Crippen molar-refractivity contribution in [3.8, 4) is 0 Å². The predicted octanol–water partition coefficient (Wildman–Crippen LogP) is 3.82. The number of halogens is 3. The van der Waals surface area contributed by atoms with Gasteiger partial charge in [-0.25, -0.2) is 0 Å². The highest BCUT2D eigenvalue weighted by atomic mass is 35.5. The van der Waals surface area contributed by atoms with Crippen LogP contribution in [-0.2, 0) is 0 Å². The lowest BCUT2D eigenvalue weighted by atomic mass is 10.1. The lowest BCUT2D eigenvalue weighted by Gasteiger charge is -2.16. The summed E-state index contributed by atoms with van der Waals surface area (Å²) >= 11 is 17.1. The number of carbonyl (C=O) groups is 1. The van der Waals surface area contributed by atoms with Gasteiger partial charge in [-0.05, 0) is 24.3 Å². The Morgan fingerprint density at radius 1 is 1.11 bits per heavy atom. The van der Waals surface area contributed by atoms with E-state index < -0.39 is 0 Å². The normalized spacial score (nSPS) is 10.8.